The lowest BCUT2D eigenvalue weighted by Gasteiger charge is -2.34. The van der Waals surface area contributed by atoms with Crippen molar-refractivity contribution in [3.63, 3.8) is 0 Å². The van der Waals surface area contributed by atoms with Crippen molar-refractivity contribution < 1.29 is 4.79 Å². The summed E-state index contributed by atoms with van der Waals surface area (Å²) in [5, 5.41) is 4.22. The van der Waals surface area contributed by atoms with E-state index in [0.717, 1.165) is 44.2 Å². The van der Waals surface area contributed by atoms with Crippen LogP contribution in [-0.4, -0.2) is 61.2 Å². The predicted octanol–water partition coefficient (Wildman–Crippen LogP) is 0.660. The van der Waals surface area contributed by atoms with Crippen molar-refractivity contribution in [3.8, 4) is 0 Å². The van der Waals surface area contributed by atoms with Crippen molar-refractivity contribution in [2.45, 2.75) is 26.4 Å². The number of imidazole rings is 1. The average molecular weight is 316 g/mol. The summed E-state index contributed by atoms with van der Waals surface area (Å²) in [6.45, 7) is 6.90. The molecule has 0 bridgehead atoms. The molecule has 1 fully saturated rings. The molecule has 0 aliphatic carbocycles. The highest BCUT2D eigenvalue weighted by atomic mass is 16.2. The van der Waals surface area contributed by atoms with E-state index in [1.165, 1.54) is 0 Å². The summed E-state index contributed by atoms with van der Waals surface area (Å²) >= 11 is 0. The molecule has 0 spiro atoms. The lowest BCUT2D eigenvalue weighted by Crippen LogP contribution is -2.48. The van der Waals surface area contributed by atoms with E-state index in [1.54, 1.807) is 6.20 Å². The molecule has 1 amide bonds. The molecule has 2 aromatic heterocycles. The van der Waals surface area contributed by atoms with Crippen molar-refractivity contribution in [2.75, 3.05) is 26.2 Å². The molecule has 3 rings (SSSR count). The van der Waals surface area contributed by atoms with E-state index in [2.05, 4.69) is 15.0 Å². The third kappa shape index (κ3) is 3.79. The molecule has 124 valence electrons. The highest BCUT2D eigenvalue weighted by molar-refractivity contribution is 5.76. The first-order valence-electron chi connectivity index (χ1n) is 8.08. The maximum atomic E-state index is 12.3. The van der Waals surface area contributed by atoms with Crippen LogP contribution in [0.1, 0.15) is 17.9 Å². The molecule has 0 unspecified atom stereocenters. The number of nitrogens with zero attached hydrogens (tertiary/aromatic N) is 6. The highest BCUT2D eigenvalue weighted by Crippen LogP contribution is 2.09. The molecule has 2 aromatic rings. The maximum absolute atomic E-state index is 12.3. The van der Waals surface area contributed by atoms with Gasteiger partial charge in [0.05, 0.1) is 6.54 Å². The number of rotatable bonds is 5. The predicted molar refractivity (Wildman–Crippen MR) is 86.6 cm³/mol. The second kappa shape index (κ2) is 6.95. The zero-order valence-corrected chi connectivity index (χ0v) is 13.9. The van der Waals surface area contributed by atoms with Gasteiger partial charge in [-0.3, -0.25) is 14.4 Å². The van der Waals surface area contributed by atoms with Gasteiger partial charge in [-0.15, -0.1) is 0 Å². The number of carbonyl (C=O) groups excluding carboxylic acids is 1. The van der Waals surface area contributed by atoms with Crippen molar-refractivity contribution in [1.29, 1.82) is 0 Å². The Morgan fingerprint density at radius 2 is 2.00 bits per heavy atom. The smallest absolute Gasteiger partial charge is 0.224 e. The number of amides is 1. The Kier molecular flexibility index (Phi) is 4.76. The van der Waals surface area contributed by atoms with Crippen LogP contribution in [0.5, 0.6) is 0 Å². The van der Waals surface area contributed by atoms with Crippen molar-refractivity contribution in [3.05, 3.63) is 36.2 Å². The number of hydrogen-bond donors (Lipinski definition) is 0. The fourth-order valence-electron chi connectivity index (χ4n) is 2.90. The quantitative estimate of drug-likeness (QED) is 0.813. The molecule has 23 heavy (non-hydrogen) atoms. The Balaban J connectivity index is 1.44. The Labute approximate surface area is 136 Å². The molecular formula is C16H24N6O. The average Bonchev–Trinajstić information content (AvgIpc) is 3.14. The minimum absolute atomic E-state index is 0.219. The van der Waals surface area contributed by atoms with Crippen LogP contribution in [0.3, 0.4) is 0 Å². The second-order valence-corrected chi connectivity index (χ2v) is 6.06. The minimum atomic E-state index is 0.219. The number of piperazine rings is 1. The molecule has 0 aromatic carbocycles. The van der Waals surface area contributed by atoms with Crippen LogP contribution >= 0.6 is 0 Å². The first-order chi connectivity index (χ1) is 11.1. The van der Waals surface area contributed by atoms with Crippen LogP contribution < -0.4 is 0 Å². The Morgan fingerprint density at radius 1 is 1.22 bits per heavy atom. The molecule has 7 nitrogen and oxygen atoms in total. The zero-order valence-electron chi connectivity index (χ0n) is 13.9. The molecule has 3 heterocycles. The van der Waals surface area contributed by atoms with Gasteiger partial charge < -0.3 is 9.47 Å². The summed E-state index contributed by atoms with van der Waals surface area (Å²) in [6, 6.07) is 1.96. The van der Waals surface area contributed by atoms with E-state index >= 15 is 0 Å². The molecular weight excluding hydrogens is 292 g/mol. The maximum Gasteiger partial charge on any atom is 0.224 e. The van der Waals surface area contributed by atoms with Crippen LogP contribution in [0, 0.1) is 6.92 Å². The highest BCUT2D eigenvalue weighted by Gasteiger charge is 2.21. The van der Waals surface area contributed by atoms with Gasteiger partial charge in [0.2, 0.25) is 5.91 Å². The van der Waals surface area contributed by atoms with Gasteiger partial charge in [-0.25, -0.2) is 4.98 Å². The van der Waals surface area contributed by atoms with Gasteiger partial charge in [0.25, 0.3) is 0 Å². The molecule has 0 N–H and O–H groups in total. The lowest BCUT2D eigenvalue weighted by atomic mass is 10.2. The normalized spacial score (nSPS) is 16.0. The SMILES string of the molecule is Cc1ccnn1CCC(=O)N1CCN(Cc2nccn2C)CC1. The molecule has 0 saturated carbocycles. The van der Waals surface area contributed by atoms with E-state index in [-0.39, 0.29) is 5.91 Å². The van der Waals surface area contributed by atoms with Crippen LogP contribution in [0.25, 0.3) is 0 Å². The third-order valence-electron chi connectivity index (χ3n) is 4.48. The molecule has 0 atom stereocenters. The summed E-state index contributed by atoms with van der Waals surface area (Å²) < 4.78 is 3.93. The lowest BCUT2D eigenvalue weighted by molar-refractivity contribution is -0.133. The van der Waals surface area contributed by atoms with Gasteiger partial charge in [0.15, 0.2) is 0 Å². The minimum Gasteiger partial charge on any atom is -0.340 e. The first-order valence-corrected chi connectivity index (χ1v) is 8.08. The Hall–Kier alpha value is -2.15. The van der Waals surface area contributed by atoms with E-state index in [0.29, 0.717) is 13.0 Å². The topological polar surface area (TPSA) is 59.2 Å². The van der Waals surface area contributed by atoms with Crippen molar-refractivity contribution in [1.82, 2.24) is 29.1 Å². The fraction of sp³-hybridized carbons (Fsp3) is 0.562. The first kappa shape index (κ1) is 15.7. The van der Waals surface area contributed by atoms with Crippen LogP contribution in [0.4, 0.5) is 0 Å². The Morgan fingerprint density at radius 3 is 2.61 bits per heavy atom. The van der Waals surface area contributed by atoms with E-state index in [4.69, 9.17) is 0 Å². The van der Waals surface area contributed by atoms with Crippen LogP contribution in [0.2, 0.25) is 0 Å². The number of carbonyl (C=O) groups is 1. The number of aryl methyl sites for hydroxylation is 3. The molecule has 0 radical (unpaired) electrons. The summed E-state index contributed by atoms with van der Waals surface area (Å²) in [6.07, 6.45) is 6.08. The standard InChI is InChI=1S/C16H24N6O/c1-14-3-5-18-22(14)7-4-16(23)21-11-9-20(10-12-21)13-15-17-6-8-19(15)2/h3,5-6,8H,4,7,9-13H2,1-2H3. The van der Waals surface area contributed by atoms with E-state index in [9.17, 15) is 4.79 Å². The number of aromatic nitrogens is 4. The fourth-order valence-corrected chi connectivity index (χ4v) is 2.90. The van der Waals surface area contributed by atoms with Gasteiger partial charge in [-0.2, -0.15) is 5.10 Å². The van der Waals surface area contributed by atoms with Gasteiger partial charge in [0, 0.05) is 70.5 Å². The summed E-state index contributed by atoms with van der Waals surface area (Å²) in [7, 11) is 2.01. The largest absolute Gasteiger partial charge is 0.340 e. The van der Waals surface area contributed by atoms with E-state index in [1.807, 2.05) is 46.6 Å². The van der Waals surface area contributed by atoms with Crippen molar-refractivity contribution >= 4 is 5.91 Å². The zero-order chi connectivity index (χ0) is 16.2. The molecule has 1 aliphatic rings. The molecule has 1 aliphatic heterocycles. The molecule has 1 saturated heterocycles. The van der Waals surface area contributed by atoms with E-state index < -0.39 is 0 Å². The molecule has 7 heteroatoms. The third-order valence-corrected chi connectivity index (χ3v) is 4.48. The van der Waals surface area contributed by atoms with Crippen LogP contribution in [-0.2, 0) is 24.9 Å². The summed E-state index contributed by atoms with van der Waals surface area (Å²) in [5.74, 6) is 1.29. The number of hydrogen-bond acceptors (Lipinski definition) is 4. The van der Waals surface area contributed by atoms with Crippen molar-refractivity contribution in [2.24, 2.45) is 7.05 Å². The van der Waals surface area contributed by atoms with Gasteiger partial charge in [0.1, 0.15) is 5.82 Å². The van der Waals surface area contributed by atoms with Crippen LogP contribution in [0.15, 0.2) is 24.7 Å². The van der Waals surface area contributed by atoms with Gasteiger partial charge in [-0.1, -0.05) is 0 Å². The van der Waals surface area contributed by atoms with Gasteiger partial charge >= 0.3 is 0 Å². The monoisotopic (exact) mass is 316 g/mol. The van der Waals surface area contributed by atoms with Gasteiger partial charge in [-0.05, 0) is 13.0 Å². The summed E-state index contributed by atoms with van der Waals surface area (Å²) in [5.41, 5.74) is 1.10. The summed E-state index contributed by atoms with van der Waals surface area (Å²) in [4.78, 5) is 21.0. The Bertz CT molecular complexity index is 653. The second-order valence-electron chi connectivity index (χ2n) is 6.06.